The second-order valence-electron chi connectivity index (χ2n) is 11.5. The van der Waals surface area contributed by atoms with Crippen LogP contribution in [0.25, 0.3) is 0 Å². The molecule has 2 aliphatic carbocycles. The predicted molar refractivity (Wildman–Crippen MR) is 139 cm³/mol. The van der Waals surface area contributed by atoms with E-state index in [1.807, 2.05) is 13.8 Å². The molecule has 39 heavy (non-hydrogen) atoms. The number of amides is 1. The fraction of sp³-hybridized carbons (Fsp3) is 0.577. The largest absolute Gasteiger partial charge is 0.480 e. The maximum absolute atomic E-state index is 14.3. The molecule has 3 rings (SSSR count). The van der Waals surface area contributed by atoms with Crippen molar-refractivity contribution in [2.24, 2.45) is 11.1 Å². The molecular weight excluding hydrogens is 561 g/mol. The van der Waals surface area contributed by atoms with Crippen molar-refractivity contribution in [2.75, 3.05) is 6.54 Å². The fourth-order valence-corrected chi connectivity index (χ4v) is 5.96. The van der Waals surface area contributed by atoms with E-state index < -0.39 is 59.1 Å². The van der Waals surface area contributed by atoms with Gasteiger partial charge in [0.1, 0.15) is 11.4 Å². The Morgan fingerprint density at radius 2 is 1.67 bits per heavy atom. The van der Waals surface area contributed by atoms with E-state index in [1.165, 1.54) is 0 Å². The van der Waals surface area contributed by atoms with Gasteiger partial charge < -0.3 is 16.0 Å². The molecule has 1 aromatic carbocycles. The number of hydrogen-bond acceptors (Lipinski definition) is 5. The molecule has 2 aliphatic rings. The number of carbonyl (C=O) groups excluding carboxylic acids is 2. The summed E-state index contributed by atoms with van der Waals surface area (Å²) < 4.78 is 56.8. The van der Waals surface area contributed by atoms with E-state index in [2.05, 4.69) is 0 Å². The zero-order chi connectivity index (χ0) is 29.5. The van der Waals surface area contributed by atoms with Crippen LogP contribution in [0.5, 0.6) is 0 Å². The molecule has 0 heterocycles. The van der Waals surface area contributed by atoms with Crippen molar-refractivity contribution in [2.45, 2.75) is 83.1 Å². The van der Waals surface area contributed by atoms with Crippen LogP contribution in [-0.2, 0) is 4.79 Å². The number of nitrogens with zero attached hydrogens (tertiary/aromatic N) is 2. The lowest BCUT2D eigenvalue weighted by Crippen LogP contribution is -2.56. The van der Waals surface area contributed by atoms with Crippen molar-refractivity contribution in [3.8, 4) is 0 Å². The van der Waals surface area contributed by atoms with Crippen molar-refractivity contribution in [1.82, 2.24) is 4.90 Å². The molecular formula is C26H32Cl2F4N5O2+. The molecule has 13 heteroatoms. The van der Waals surface area contributed by atoms with Gasteiger partial charge in [-0.3, -0.25) is 9.59 Å². The average molecular weight is 593 g/mol. The molecule has 0 radical (unpaired) electrons. The highest BCUT2D eigenvalue weighted by Crippen LogP contribution is 2.40. The van der Waals surface area contributed by atoms with Gasteiger partial charge in [-0.15, -0.1) is 0 Å². The topological polar surface area (TPSA) is 114 Å². The number of alkyl halides is 3. The number of carbonyl (C=O) groups is 2. The van der Waals surface area contributed by atoms with Gasteiger partial charge in [0, 0.05) is 30.6 Å². The molecule has 0 spiro atoms. The Morgan fingerprint density at radius 1 is 1.15 bits per heavy atom. The van der Waals surface area contributed by atoms with Crippen LogP contribution in [0.15, 0.2) is 23.4 Å². The quantitative estimate of drug-likeness (QED) is 0.0798. The third-order valence-corrected chi connectivity index (χ3v) is 8.11. The van der Waals surface area contributed by atoms with Crippen molar-refractivity contribution in [3.05, 3.63) is 44.8 Å². The number of allylic oxidation sites excluding steroid dienone is 1. The standard InChI is InChI=1S/C26H32Cl2F4N5O2/c1-24(2)6-4-15(5-7-24)36(13-20(38)21-18(27)8-14(29)9-19(21)28)23(39)17(12-33)22(26(30,31)32)37(35)16-10-25(3,34)11-16/h8-9,12,15-16,33,35H,4-7,10-11,13,34H2,1-3H3/q+1. The number of nitrogens with two attached hydrogens (primary N) is 1. The lowest BCUT2D eigenvalue weighted by Gasteiger charge is -2.40. The maximum atomic E-state index is 14.3. The van der Waals surface area contributed by atoms with Crippen LogP contribution in [0.2, 0.25) is 10.0 Å². The first-order chi connectivity index (χ1) is 17.9. The van der Waals surface area contributed by atoms with Crippen LogP contribution in [-0.4, -0.2) is 57.8 Å². The lowest BCUT2D eigenvalue weighted by atomic mass is 9.74. The summed E-state index contributed by atoms with van der Waals surface area (Å²) in [5.41, 5.74) is 10.4. The summed E-state index contributed by atoms with van der Waals surface area (Å²) in [7, 11) is 0. The Kier molecular flexibility index (Phi) is 8.99. The Hall–Kier alpha value is -2.37. The van der Waals surface area contributed by atoms with Crippen molar-refractivity contribution >= 4 is 41.1 Å². The second kappa shape index (κ2) is 11.2. The summed E-state index contributed by atoms with van der Waals surface area (Å²) in [6.07, 6.45) is -2.58. The zero-order valence-corrected chi connectivity index (χ0v) is 23.4. The van der Waals surface area contributed by atoms with Crippen molar-refractivity contribution < 1.29 is 31.8 Å². The Balaban J connectivity index is 2.06. The number of nitrogens with one attached hydrogen (secondary N) is 2. The highest BCUT2D eigenvalue weighted by atomic mass is 35.5. The smallest absolute Gasteiger partial charge is 0.328 e. The molecule has 7 nitrogen and oxygen atoms in total. The summed E-state index contributed by atoms with van der Waals surface area (Å²) in [5.74, 6) is -2.79. The van der Waals surface area contributed by atoms with Gasteiger partial charge in [0.15, 0.2) is 11.8 Å². The number of ketones is 1. The number of Topliss-reactive ketones (excluding diaryl/α,β-unsaturated/α-hetero) is 1. The van der Waals surface area contributed by atoms with Crippen LogP contribution in [0.1, 0.15) is 69.7 Å². The highest BCUT2D eigenvalue weighted by molar-refractivity contribution is 6.40. The molecule has 1 aromatic rings. The normalized spacial score (nSPS) is 23.9. The maximum Gasteiger partial charge on any atom is 0.480 e. The van der Waals surface area contributed by atoms with Gasteiger partial charge in [0.05, 0.1) is 22.2 Å². The SMILES string of the molecule is CC1(C)CCC(N(CC(=O)c2c(Cl)cc(F)cc2Cl)C(=O)C(C=N)=C([N+](=N)C2CC(C)(N)C2)C(F)(F)F)CC1. The van der Waals surface area contributed by atoms with Crippen LogP contribution < -0.4 is 5.73 Å². The van der Waals surface area contributed by atoms with Gasteiger partial charge in [0.25, 0.3) is 5.91 Å². The van der Waals surface area contributed by atoms with Gasteiger partial charge in [-0.05, 0) is 50.2 Å². The number of halogens is 6. The lowest BCUT2D eigenvalue weighted by molar-refractivity contribution is -0.636. The second-order valence-corrected chi connectivity index (χ2v) is 12.3. The molecule has 2 saturated carbocycles. The summed E-state index contributed by atoms with van der Waals surface area (Å²) >= 11 is 12.1. The Labute approximate surface area is 234 Å². The van der Waals surface area contributed by atoms with Crippen molar-refractivity contribution in [1.29, 1.82) is 10.9 Å². The van der Waals surface area contributed by atoms with E-state index in [0.717, 1.165) is 17.0 Å². The predicted octanol–water partition coefficient (Wildman–Crippen LogP) is 6.50. The number of rotatable bonds is 8. The van der Waals surface area contributed by atoms with E-state index in [-0.39, 0.29) is 44.8 Å². The first kappa shape index (κ1) is 31.2. The summed E-state index contributed by atoms with van der Waals surface area (Å²) in [6.45, 7) is 5.02. The third kappa shape index (κ3) is 7.05. The molecule has 0 bridgehead atoms. The number of benzene rings is 1. The van der Waals surface area contributed by atoms with Crippen LogP contribution in [0.4, 0.5) is 17.6 Å². The van der Waals surface area contributed by atoms with Gasteiger partial charge in [-0.2, -0.15) is 13.2 Å². The van der Waals surface area contributed by atoms with Gasteiger partial charge in [-0.1, -0.05) is 47.3 Å². The highest BCUT2D eigenvalue weighted by Gasteiger charge is 2.55. The first-order valence-corrected chi connectivity index (χ1v) is 13.2. The van der Waals surface area contributed by atoms with Crippen molar-refractivity contribution in [3.63, 3.8) is 0 Å². The van der Waals surface area contributed by atoms with Crippen LogP contribution >= 0.6 is 23.2 Å². The van der Waals surface area contributed by atoms with Gasteiger partial charge in [-0.25, -0.2) is 4.39 Å². The van der Waals surface area contributed by atoms with Gasteiger partial charge in [0.2, 0.25) is 0 Å². The minimum Gasteiger partial charge on any atom is -0.328 e. The summed E-state index contributed by atoms with van der Waals surface area (Å²) in [5, 5.41) is 7.17. The summed E-state index contributed by atoms with van der Waals surface area (Å²) in [4.78, 5) is 28.1. The van der Waals surface area contributed by atoms with Gasteiger partial charge >= 0.3 is 11.9 Å². The minimum atomic E-state index is -5.14. The Morgan fingerprint density at radius 3 is 2.10 bits per heavy atom. The van der Waals surface area contributed by atoms with E-state index >= 15 is 0 Å². The molecule has 214 valence electrons. The van der Waals surface area contributed by atoms with E-state index in [0.29, 0.717) is 25.7 Å². The minimum absolute atomic E-state index is 0.0623. The average Bonchev–Trinajstić information content (AvgIpc) is 2.77. The zero-order valence-electron chi connectivity index (χ0n) is 21.9. The molecule has 4 N–H and O–H groups in total. The first-order valence-electron chi connectivity index (χ1n) is 12.5. The molecule has 0 aromatic heterocycles. The number of hydrogen-bond donors (Lipinski definition) is 3. The van der Waals surface area contributed by atoms with Crippen LogP contribution in [0.3, 0.4) is 0 Å². The molecule has 0 aliphatic heterocycles. The molecule has 0 saturated heterocycles. The summed E-state index contributed by atoms with van der Waals surface area (Å²) in [6, 6.07) is 0.235. The fourth-order valence-electron chi connectivity index (χ4n) is 5.29. The van der Waals surface area contributed by atoms with Crippen LogP contribution in [0, 0.1) is 22.2 Å². The third-order valence-electron chi connectivity index (χ3n) is 7.52. The molecule has 1 amide bonds. The molecule has 0 atom stereocenters. The Bertz CT molecular complexity index is 1190. The molecule has 2 fully saturated rings. The monoisotopic (exact) mass is 592 g/mol. The van der Waals surface area contributed by atoms with E-state index in [1.54, 1.807) is 6.92 Å². The molecule has 0 unspecified atom stereocenters. The van der Waals surface area contributed by atoms with E-state index in [9.17, 15) is 27.2 Å². The van der Waals surface area contributed by atoms with E-state index in [4.69, 9.17) is 39.9 Å².